The number of rotatable bonds is 12. The van der Waals surface area contributed by atoms with E-state index in [4.69, 9.17) is 20.2 Å². The number of anilines is 6. The lowest BCUT2D eigenvalue weighted by Crippen LogP contribution is -2.50. The Morgan fingerprint density at radius 2 is 1.15 bits per heavy atom. The molecule has 3 fully saturated rings. The van der Waals surface area contributed by atoms with Gasteiger partial charge < -0.3 is 34.9 Å². The maximum Gasteiger partial charge on any atom is 0.236 e. The van der Waals surface area contributed by atoms with Gasteiger partial charge in [-0.05, 0) is 106 Å². The Morgan fingerprint density at radius 3 is 1.56 bits per heavy atom. The highest BCUT2D eigenvalue weighted by Crippen LogP contribution is 2.41. The third kappa shape index (κ3) is 11.1. The molecule has 0 unspecified atom stereocenters. The molecule has 9 heterocycles. The van der Waals surface area contributed by atoms with Crippen molar-refractivity contribution < 1.29 is 18.7 Å². The maximum absolute atomic E-state index is 13.5. The van der Waals surface area contributed by atoms with Crippen LogP contribution in [0.15, 0.2) is 72.8 Å². The fourth-order valence-corrected chi connectivity index (χ4v) is 12.1. The van der Waals surface area contributed by atoms with Crippen LogP contribution in [0.3, 0.4) is 0 Å². The van der Waals surface area contributed by atoms with Gasteiger partial charge in [-0.2, -0.15) is 20.7 Å². The first-order chi connectivity index (χ1) is 37.2. The Morgan fingerprint density at radius 1 is 0.705 bits per heavy atom. The van der Waals surface area contributed by atoms with E-state index in [0.29, 0.717) is 63.0 Å². The number of nitrogens with zero attached hydrogens (tertiary/aromatic N) is 14. The van der Waals surface area contributed by atoms with Gasteiger partial charge in [0, 0.05) is 113 Å². The Labute approximate surface area is 461 Å². The molecule has 0 radical (unpaired) electrons. The molecule has 0 saturated carbocycles. The number of carbonyl (C=O) groups is 1. The number of hydrogen-bond acceptors (Lipinski definition) is 16. The SMILES string of the molecule is C.CCc1nn2c(C)cc(N3CCN(CC(=O)N4CC[C@@H](O)C4)CC3)cc2c1N(C)c1nc(-c2ccc(F)cc2)c(C#N)s1.CCc1nn2c(C)cc(N3CCNCC3)cc2c1N(C)c1nc(-c2ccc(F)cc2)c(C#N)s1. The first-order valence-electron chi connectivity index (χ1n) is 26.0. The largest absolute Gasteiger partial charge is 0.391 e. The summed E-state index contributed by atoms with van der Waals surface area (Å²) in [4.78, 5) is 36.0. The van der Waals surface area contributed by atoms with Crippen LogP contribution in [0.5, 0.6) is 0 Å². The molecule has 8 aromatic rings. The van der Waals surface area contributed by atoms with Gasteiger partial charge in [0.1, 0.15) is 44.9 Å². The molecule has 78 heavy (non-hydrogen) atoms. The third-order valence-corrected chi connectivity index (χ3v) is 16.6. The van der Waals surface area contributed by atoms with Crippen molar-refractivity contribution in [2.24, 2.45) is 0 Å². The van der Waals surface area contributed by atoms with Gasteiger partial charge in [0.15, 0.2) is 10.3 Å². The Hall–Kier alpha value is -7.53. The lowest BCUT2D eigenvalue weighted by atomic mass is 10.1. The van der Waals surface area contributed by atoms with Crippen molar-refractivity contribution in [3.05, 3.63) is 117 Å². The molecular formula is C57H65F2N15O2S2. The molecule has 21 heteroatoms. The Kier molecular flexibility index (Phi) is 16.7. The Balaban J connectivity index is 0.000000192. The predicted octanol–water partition coefficient (Wildman–Crippen LogP) is 8.98. The van der Waals surface area contributed by atoms with E-state index in [2.05, 4.69) is 84.1 Å². The van der Waals surface area contributed by atoms with Crippen molar-refractivity contribution in [1.29, 1.82) is 10.5 Å². The number of halogens is 2. The minimum atomic E-state index is -0.402. The molecule has 1 amide bonds. The van der Waals surface area contributed by atoms with E-state index in [1.807, 2.05) is 32.9 Å². The summed E-state index contributed by atoms with van der Waals surface area (Å²) in [5.74, 6) is -0.562. The summed E-state index contributed by atoms with van der Waals surface area (Å²) < 4.78 is 30.9. The van der Waals surface area contributed by atoms with E-state index in [-0.39, 0.29) is 25.0 Å². The smallest absolute Gasteiger partial charge is 0.236 e. The standard InChI is InChI=1S/C31H35FN8O2S.C25H26FN7S.CH4/c1-4-25-30(36(3)31-34-29(27(17-33)43-31)21-5-7-22(32)8-6-21)26-16-23(15-20(2)40(26)35-25)38-13-11-37(12-14-38)19-28(42)39-10-9-24(41)18-39;1-4-20-24(21-14-19(13-16(2)33(21)30-20)32-11-9-28-10-12-32)31(3)25-29-23(22(15-27)34-25)17-5-7-18(26)8-6-17;/h5-8,15-16,24,41H,4,9-14,18-19H2,1-3H3;5-8,13-14,28H,4,9-12H2,1-3H3;1H4/t24-;;/m1../s1. The van der Waals surface area contributed by atoms with E-state index in [0.717, 1.165) is 122 Å². The van der Waals surface area contributed by atoms with Crippen LogP contribution in [0, 0.1) is 48.1 Å². The monoisotopic (exact) mass is 1090 g/mol. The highest BCUT2D eigenvalue weighted by atomic mass is 32.1. The van der Waals surface area contributed by atoms with Crippen molar-refractivity contribution in [2.45, 2.75) is 60.5 Å². The molecule has 0 spiro atoms. The summed E-state index contributed by atoms with van der Waals surface area (Å²) in [6.07, 6.45) is 1.74. The van der Waals surface area contributed by atoms with Gasteiger partial charge >= 0.3 is 0 Å². The van der Waals surface area contributed by atoms with Crippen LogP contribution in [0.2, 0.25) is 0 Å². The second kappa shape index (κ2) is 23.6. The zero-order valence-electron chi connectivity index (χ0n) is 44.1. The topological polar surface area (TPSA) is 177 Å². The number of pyridine rings is 2. The molecule has 6 aromatic heterocycles. The number of aliphatic hydroxyl groups is 1. The Bertz CT molecular complexity index is 3530. The number of aryl methyl sites for hydroxylation is 4. The summed E-state index contributed by atoms with van der Waals surface area (Å²) in [5.41, 5.74) is 12.7. The van der Waals surface area contributed by atoms with Crippen LogP contribution in [-0.4, -0.2) is 142 Å². The number of aliphatic hydroxyl groups excluding tert-OH is 1. The number of carbonyl (C=O) groups excluding carboxylic acids is 1. The molecule has 2 N–H and O–H groups in total. The normalized spacial score (nSPS) is 15.7. The van der Waals surface area contributed by atoms with Gasteiger partial charge in [0.25, 0.3) is 0 Å². The number of benzene rings is 2. The summed E-state index contributed by atoms with van der Waals surface area (Å²) in [7, 11) is 3.92. The van der Waals surface area contributed by atoms with Gasteiger partial charge in [0.05, 0.1) is 46.4 Å². The summed E-state index contributed by atoms with van der Waals surface area (Å²) in [6.45, 7) is 16.8. The quantitative estimate of drug-likeness (QED) is 0.119. The lowest BCUT2D eigenvalue weighted by molar-refractivity contribution is -0.131. The average molecular weight is 1090 g/mol. The summed E-state index contributed by atoms with van der Waals surface area (Å²) in [5, 5.41) is 44.0. The van der Waals surface area contributed by atoms with Crippen molar-refractivity contribution in [3.63, 3.8) is 0 Å². The molecule has 2 aromatic carbocycles. The molecule has 406 valence electrons. The molecular weight excluding hydrogens is 1030 g/mol. The third-order valence-electron chi connectivity index (χ3n) is 14.6. The molecule has 3 aliphatic rings. The zero-order chi connectivity index (χ0) is 54.1. The van der Waals surface area contributed by atoms with Gasteiger partial charge in [-0.1, -0.05) is 43.9 Å². The molecule has 0 aliphatic carbocycles. The van der Waals surface area contributed by atoms with Crippen LogP contribution < -0.4 is 24.9 Å². The zero-order valence-corrected chi connectivity index (χ0v) is 45.7. The number of fused-ring (bicyclic) bond motifs is 2. The lowest BCUT2D eigenvalue weighted by Gasteiger charge is -2.36. The van der Waals surface area contributed by atoms with E-state index >= 15 is 0 Å². The first-order valence-corrected chi connectivity index (χ1v) is 27.6. The van der Waals surface area contributed by atoms with Gasteiger partial charge in [-0.25, -0.2) is 27.8 Å². The predicted molar refractivity (Wildman–Crippen MR) is 307 cm³/mol. The minimum absolute atomic E-state index is 0. The summed E-state index contributed by atoms with van der Waals surface area (Å²) >= 11 is 2.64. The molecule has 3 saturated heterocycles. The number of β-amino-alcohol motifs (C(OH)–C–C–N with tert-alkyl or cyclic N) is 1. The fourth-order valence-electron chi connectivity index (χ4n) is 10.4. The molecule has 11 rings (SSSR count). The van der Waals surface area contributed by atoms with Gasteiger partial charge in [-0.3, -0.25) is 9.69 Å². The second-order valence-corrected chi connectivity index (χ2v) is 21.5. The number of amides is 1. The van der Waals surface area contributed by atoms with Crippen molar-refractivity contribution in [2.75, 3.05) is 106 Å². The first kappa shape index (κ1) is 55.2. The van der Waals surface area contributed by atoms with Gasteiger partial charge in [-0.15, -0.1) is 0 Å². The van der Waals surface area contributed by atoms with Crippen molar-refractivity contribution in [1.82, 2.24) is 44.3 Å². The van der Waals surface area contributed by atoms with Crippen LogP contribution in [-0.2, 0) is 17.6 Å². The van der Waals surface area contributed by atoms with Gasteiger partial charge in [0.2, 0.25) is 5.91 Å². The van der Waals surface area contributed by atoms with E-state index in [1.165, 1.54) is 52.6 Å². The highest BCUT2D eigenvalue weighted by molar-refractivity contribution is 7.17. The number of thiazole rings is 2. The second-order valence-electron chi connectivity index (χ2n) is 19.6. The molecule has 1 atom stereocenters. The number of aromatic nitrogens is 6. The number of piperazine rings is 2. The average Bonchev–Trinajstić information content (AvgIpc) is 4.44. The highest BCUT2D eigenvalue weighted by Gasteiger charge is 2.29. The maximum atomic E-state index is 13.5. The number of nitrogens with one attached hydrogen (secondary N) is 1. The van der Waals surface area contributed by atoms with Crippen molar-refractivity contribution in [3.8, 4) is 34.7 Å². The summed E-state index contributed by atoms with van der Waals surface area (Å²) in [6, 6.07) is 25.4. The molecule has 0 bridgehead atoms. The van der Waals surface area contributed by atoms with E-state index in [9.17, 15) is 29.2 Å². The van der Waals surface area contributed by atoms with E-state index < -0.39 is 6.10 Å². The number of likely N-dealkylation sites (tertiary alicyclic amines) is 1. The van der Waals surface area contributed by atoms with Crippen LogP contribution in [0.4, 0.5) is 41.8 Å². The van der Waals surface area contributed by atoms with Crippen molar-refractivity contribution >= 4 is 72.6 Å². The number of nitriles is 2. The minimum Gasteiger partial charge on any atom is -0.391 e. The fraction of sp³-hybridized carbons (Fsp3) is 0.386. The van der Waals surface area contributed by atoms with E-state index in [1.54, 1.807) is 29.2 Å². The van der Waals surface area contributed by atoms with Crippen LogP contribution in [0.1, 0.15) is 60.2 Å². The van der Waals surface area contributed by atoms with Crippen LogP contribution >= 0.6 is 22.7 Å². The molecule has 3 aliphatic heterocycles. The number of hydrogen-bond donors (Lipinski definition) is 2. The molecule has 17 nitrogen and oxygen atoms in total. The van der Waals surface area contributed by atoms with Crippen LogP contribution in [0.25, 0.3) is 33.5 Å².